The van der Waals surface area contributed by atoms with Gasteiger partial charge in [-0.15, -0.1) is 0 Å². The van der Waals surface area contributed by atoms with Crippen molar-refractivity contribution in [3.05, 3.63) is 40.4 Å². The van der Waals surface area contributed by atoms with E-state index in [9.17, 15) is 14.4 Å². The largest absolute Gasteiger partial charge is 0.478 e. The van der Waals surface area contributed by atoms with Crippen LogP contribution in [0.1, 0.15) is 16.8 Å². The maximum Gasteiger partial charge on any atom is 0.335 e. The van der Waals surface area contributed by atoms with Crippen molar-refractivity contribution in [3.63, 3.8) is 0 Å². The highest BCUT2D eigenvalue weighted by molar-refractivity contribution is 6.34. The summed E-state index contributed by atoms with van der Waals surface area (Å²) >= 11 is 5.89. The Bertz CT molecular complexity index is 625. The Balaban J connectivity index is 2.18. The van der Waals surface area contributed by atoms with E-state index in [1.807, 2.05) is 0 Å². The number of anilines is 1. The summed E-state index contributed by atoms with van der Waals surface area (Å²) < 4.78 is 0. The molecule has 2 amide bonds. The van der Waals surface area contributed by atoms with Gasteiger partial charge in [0.1, 0.15) is 5.57 Å². The molecule has 0 atom stereocenters. The first-order chi connectivity index (χ1) is 9.49. The van der Waals surface area contributed by atoms with Crippen LogP contribution in [0.25, 0.3) is 0 Å². The van der Waals surface area contributed by atoms with Crippen molar-refractivity contribution in [3.8, 4) is 0 Å². The summed E-state index contributed by atoms with van der Waals surface area (Å²) in [5.41, 5.74) is 0.290. The molecule has 1 heterocycles. The molecule has 0 radical (unpaired) electrons. The van der Waals surface area contributed by atoms with Gasteiger partial charge in [-0.1, -0.05) is 17.7 Å². The van der Waals surface area contributed by atoms with Crippen molar-refractivity contribution in [1.82, 2.24) is 5.32 Å². The van der Waals surface area contributed by atoms with Gasteiger partial charge in [-0.3, -0.25) is 9.59 Å². The third kappa shape index (κ3) is 2.97. The van der Waals surface area contributed by atoms with Crippen molar-refractivity contribution >= 4 is 35.1 Å². The average Bonchev–Trinajstić information content (AvgIpc) is 2.41. The molecule has 1 aromatic carbocycles. The molecule has 0 aromatic heterocycles. The fraction of sp³-hybridized carbons (Fsp3) is 0.154. The molecule has 1 aliphatic rings. The van der Waals surface area contributed by atoms with E-state index in [-0.39, 0.29) is 21.8 Å². The maximum atomic E-state index is 11.9. The van der Waals surface area contributed by atoms with Gasteiger partial charge in [0.05, 0.1) is 16.3 Å². The molecule has 0 aliphatic carbocycles. The summed E-state index contributed by atoms with van der Waals surface area (Å²) in [5, 5.41) is 13.9. The Morgan fingerprint density at radius 3 is 2.70 bits per heavy atom. The van der Waals surface area contributed by atoms with Gasteiger partial charge in [-0.25, -0.2) is 4.79 Å². The summed E-state index contributed by atoms with van der Waals surface area (Å²) in [5.74, 6) is -2.13. The van der Waals surface area contributed by atoms with E-state index in [2.05, 4.69) is 10.6 Å². The average molecular weight is 295 g/mol. The van der Waals surface area contributed by atoms with Gasteiger partial charge in [0.15, 0.2) is 0 Å². The zero-order valence-electron chi connectivity index (χ0n) is 10.3. The number of nitrogens with one attached hydrogen (secondary N) is 2. The van der Waals surface area contributed by atoms with Crippen LogP contribution in [0.2, 0.25) is 5.02 Å². The number of hydrogen-bond acceptors (Lipinski definition) is 3. The number of carboxylic acid groups (broad SMARTS) is 1. The fourth-order valence-electron chi connectivity index (χ4n) is 1.73. The molecular weight excluding hydrogens is 284 g/mol. The molecule has 20 heavy (non-hydrogen) atoms. The number of carboxylic acids is 1. The van der Waals surface area contributed by atoms with E-state index in [0.29, 0.717) is 13.0 Å². The van der Waals surface area contributed by atoms with Crippen LogP contribution in [0, 0.1) is 0 Å². The minimum atomic E-state index is -1.11. The van der Waals surface area contributed by atoms with E-state index in [0.717, 1.165) is 0 Å². The second kappa shape index (κ2) is 5.75. The molecule has 0 bridgehead atoms. The first kappa shape index (κ1) is 14.1. The number of carbonyl (C=O) groups excluding carboxylic acids is 2. The predicted octanol–water partition coefficient (Wildman–Crippen LogP) is 1.42. The van der Waals surface area contributed by atoms with Crippen LogP contribution >= 0.6 is 11.6 Å². The Kier molecular flexibility index (Phi) is 4.05. The topological polar surface area (TPSA) is 95.5 Å². The highest BCUT2D eigenvalue weighted by Crippen LogP contribution is 2.23. The van der Waals surface area contributed by atoms with Crippen molar-refractivity contribution in [2.75, 3.05) is 11.9 Å². The summed E-state index contributed by atoms with van der Waals surface area (Å²) in [6.07, 6.45) is 2.13. The summed E-state index contributed by atoms with van der Waals surface area (Å²) in [4.78, 5) is 34.2. The van der Waals surface area contributed by atoms with Gasteiger partial charge in [0, 0.05) is 6.54 Å². The molecular formula is C13H11ClN2O4. The molecule has 104 valence electrons. The predicted molar refractivity (Wildman–Crippen MR) is 72.8 cm³/mol. The van der Waals surface area contributed by atoms with E-state index in [1.165, 1.54) is 18.2 Å². The molecule has 0 saturated carbocycles. The van der Waals surface area contributed by atoms with Crippen molar-refractivity contribution < 1.29 is 19.5 Å². The van der Waals surface area contributed by atoms with Crippen LogP contribution in [0.15, 0.2) is 29.8 Å². The van der Waals surface area contributed by atoms with Crippen LogP contribution in [-0.2, 0) is 9.59 Å². The molecule has 2 rings (SSSR count). The Morgan fingerprint density at radius 2 is 2.10 bits per heavy atom. The molecule has 0 fully saturated rings. The number of aromatic carboxylic acids is 1. The van der Waals surface area contributed by atoms with E-state index in [4.69, 9.17) is 16.7 Å². The minimum absolute atomic E-state index is 0.0163. The number of halogens is 1. The quantitative estimate of drug-likeness (QED) is 0.735. The molecule has 1 aromatic rings. The highest BCUT2D eigenvalue weighted by Gasteiger charge is 2.21. The summed E-state index contributed by atoms with van der Waals surface area (Å²) in [7, 11) is 0. The van der Waals surface area contributed by atoms with Crippen molar-refractivity contribution in [1.29, 1.82) is 0 Å². The summed E-state index contributed by atoms with van der Waals surface area (Å²) in [6, 6.07) is 3.93. The maximum absolute atomic E-state index is 11.9. The lowest BCUT2D eigenvalue weighted by Gasteiger charge is -2.14. The molecule has 7 heteroatoms. The normalized spacial score (nSPS) is 14.2. The molecule has 3 N–H and O–H groups in total. The molecule has 6 nitrogen and oxygen atoms in total. The van der Waals surface area contributed by atoms with Gasteiger partial charge in [0.2, 0.25) is 0 Å². The SMILES string of the molecule is O=C1NCCC=C1C(=O)Nc1ccc(C(=O)O)cc1Cl. The van der Waals surface area contributed by atoms with Gasteiger partial charge in [-0.2, -0.15) is 0 Å². The Hall–Kier alpha value is -2.34. The van der Waals surface area contributed by atoms with Gasteiger partial charge in [-0.05, 0) is 24.6 Å². The second-order valence-electron chi connectivity index (χ2n) is 4.12. The smallest absolute Gasteiger partial charge is 0.335 e. The van der Waals surface area contributed by atoms with Crippen molar-refractivity contribution in [2.24, 2.45) is 0 Å². The van der Waals surface area contributed by atoms with Crippen LogP contribution in [-0.4, -0.2) is 29.4 Å². The zero-order chi connectivity index (χ0) is 14.7. The lowest BCUT2D eigenvalue weighted by molar-refractivity contribution is -0.121. The van der Waals surface area contributed by atoms with E-state index >= 15 is 0 Å². The van der Waals surface area contributed by atoms with Crippen LogP contribution in [0.5, 0.6) is 0 Å². The van der Waals surface area contributed by atoms with Crippen molar-refractivity contribution in [2.45, 2.75) is 6.42 Å². The van der Waals surface area contributed by atoms with Gasteiger partial charge in [0.25, 0.3) is 11.8 Å². The van der Waals surface area contributed by atoms with Crippen LogP contribution in [0.4, 0.5) is 5.69 Å². The monoisotopic (exact) mass is 294 g/mol. The van der Waals surface area contributed by atoms with Crippen LogP contribution in [0.3, 0.4) is 0 Å². The third-order valence-corrected chi connectivity index (χ3v) is 3.04. The fourth-order valence-corrected chi connectivity index (χ4v) is 1.95. The third-order valence-electron chi connectivity index (χ3n) is 2.73. The van der Waals surface area contributed by atoms with Gasteiger partial charge < -0.3 is 15.7 Å². The Labute approximate surface area is 119 Å². The molecule has 0 saturated heterocycles. The first-order valence-corrected chi connectivity index (χ1v) is 6.19. The second-order valence-corrected chi connectivity index (χ2v) is 4.52. The molecule has 1 aliphatic heterocycles. The lowest BCUT2D eigenvalue weighted by atomic mass is 10.1. The number of rotatable bonds is 3. The Morgan fingerprint density at radius 1 is 1.35 bits per heavy atom. The van der Waals surface area contributed by atoms with Gasteiger partial charge >= 0.3 is 5.97 Å². The number of carbonyl (C=O) groups is 3. The lowest BCUT2D eigenvalue weighted by Crippen LogP contribution is -2.34. The standard InChI is InChI=1S/C13H11ClN2O4/c14-9-6-7(13(19)20)3-4-10(9)16-12(18)8-2-1-5-15-11(8)17/h2-4,6H,1,5H2,(H,15,17)(H,16,18)(H,19,20). The van der Waals surface area contributed by atoms with Crippen LogP contribution < -0.4 is 10.6 Å². The number of benzene rings is 1. The summed E-state index contributed by atoms with van der Waals surface area (Å²) in [6.45, 7) is 0.504. The van der Waals surface area contributed by atoms with E-state index < -0.39 is 17.8 Å². The van der Waals surface area contributed by atoms with E-state index in [1.54, 1.807) is 6.08 Å². The number of hydrogen-bond donors (Lipinski definition) is 3. The molecule has 0 spiro atoms. The molecule has 0 unspecified atom stereocenters. The zero-order valence-corrected chi connectivity index (χ0v) is 11.0. The number of amides is 2. The minimum Gasteiger partial charge on any atom is -0.478 e. The first-order valence-electron chi connectivity index (χ1n) is 5.81. The highest BCUT2D eigenvalue weighted by atomic mass is 35.5.